The van der Waals surface area contributed by atoms with Gasteiger partial charge < -0.3 is 0 Å². The molecule has 0 amide bonds. The maximum atomic E-state index is 2.54. The van der Waals surface area contributed by atoms with Gasteiger partial charge in [-0.15, -0.1) is 0 Å². The molecule has 0 N–H and O–H groups in total. The average molecular weight is 289 g/mol. The molecule has 2 aliphatic rings. The first kappa shape index (κ1) is 16.2. The summed E-state index contributed by atoms with van der Waals surface area (Å²) >= 11 is 2.36. The predicted molar refractivity (Wildman–Crippen MR) is 96.5 cm³/mol. The molecule has 0 heterocycles. The van der Waals surface area contributed by atoms with E-state index in [0.29, 0.717) is 10.0 Å². The molecule has 0 radical (unpaired) electrons. The van der Waals surface area contributed by atoms with Crippen LogP contribution >= 0.6 is 0 Å². The number of hydrogen-bond acceptors (Lipinski definition) is 1. The van der Waals surface area contributed by atoms with E-state index in [9.17, 15) is 0 Å². The third-order valence-corrected chi connectivity index (χ3v) is 6.21. The van der Waals surface area contributed by atoms with Crippen LogP contribution < -0.4 is 0 Å². The van der Waals surface area contributed by atoms with Gasteiger partial charge in [-0.2, -0.15) is 0 Å². The normalized spacial score (nSPS) is 25.0. The molecular formula is C20H28LiN. The number of fused-ring (bicyclic) bond motifs is 2. The van der Waals surface area contributed by atoms with Crippen LogP contribution in [0.1, 0.15) is 74.3 Å². The SMILES string of the molecule is [Li][CH]1C(C)=C(N(C)C)c2cc3c(cc21)C(C)(C)CCC3(C)C. The molecule has 114 valence electrons. The molecule has 0 saturated carbocycles. The van der Waals surface area contributed by atoms with Gasteiger partial charge in [0.15, 0.2) is 0 Å². The Bertz CT molecular complexity index is 665. The van der Waals surface area contributed by atoms with Crippen molar-refractivity contribution in [3.63, 3.8) is 0 Å². The molecule has 0 bridgehead atoms. The monoisotopic (exact) mass is 289 g/mol. The van der Waals surface area contributed by atoms with Gasteiger partial charge in [0, 0.05) is 0 Å². The molecule has 0 spiro atoms. The first-order valence-electron chi connectivity index (χ1n) is 8.63. The van der Waals surface area contributed by atoms with Gasteiger partial charge in [0.2, 0.25) is 0 Å². The molecule has 0 fully saturated rings. The minimum absolute atomic E-state index is 0.289. The molecule has 1 unspecified atom stereocenters. The van der Waals surface area contributed by atoms with Crippen LogP contribution in [-0.2, 0) is 10.8 Å². The standard InChI is InChI=1S/C20H28N.Li/c1-13-10-14-11-16-17(12-15(14)18(13)21(6)7)20(4,5)9-8-19(16,2)3;/h10-12H,8-9H2,1-7H3;. The van der Waals surface area contributed by atoms with Gasteiger partial charge in [0.25, 0.3) is 0 Å². The van der Waals surface area contributed by atoms with Crippen LogP contribution in [0.5, 0.6) is 0 Å². The van der Waals surface area contributed by atoms with Gasteiger partial charge in [-0.25, -0.2) is 0 Å². The molecule has 1 aromatic rings. The van der Waals surface area contributed by atoms with E-state index >= 15 is 0 Å². The molecule has 0 aliphatic heterocycles. The second kappa shape index (κ2) is 4.92. The van der Waals surface area contributed by atoms with E-state index < -0.39 is 0 Å². The Kier molecular flexibility index (Phi) is 3.63. The van der Waals surface area contributed by atoms with Crippen LogP contribution in [-0.4, -0.2) is 36.7 Å². The van der Waals surface area contributed by atoms with Crippen LogP contribution in [0, 0.1) is 0 Å². The van der Waals surface area contributed by atoms with E-state index in [2.05, 4.69) is 83.5 Å². The Balaban J connectivity index is 2.29. The van der Waals surface area contributed by atoms with E-state index in [1.54, 1.807) is 11.1 Å². The zero-order valence-electron chi connectivity index (χ0n) is 15.6. The summed E-state index contributed by atoms with van der Waals surface area (Å²) in [5, 5.41) is 0. The molecule has 1 aromatic carbocycles. The van der Waals surface area contributed by atoms with E-state index in [1.165, 1.54) is 35.2 Å². The fourth-order valence-electron chi connectivity index (χ4n) is 4.44. The molecular weight excluding hydrogens is 261 g/mol. The van der Waals surface area contributed by atoms with Crippen LogP contribution in [0.15, 0.2) is 17.7 Å². The average Bonchev–Trinajstić information content (AvgIpc) is 2.66. The number of nitrogens with zero attached hydrogens (tertiary/aromatic N) is 1. The van der Waals surface area contributed by atoms with Crippen molar-refractivity contribution in [3.05, 3.63) is 40.0 Å². The van der Waals surface area contributed by atoms with Gasteiger partial charge in [-0.3, -0.25) is 0 Å². The summed E-state index contributed by atoms with van der Waals surface area (Å²) in [6.45, 7) is 12.0. The summed E-state index contributed by atoms with van der Waals surface area (Å²) < 4.78 is 0.540. The summed E-state index contributed by atoms with van der Waals surface area (Å²) in [7, 11) is 4.35. The number of allylic oxidation sites excluding steroid dienone is 1. The molecule has 22 heavy (non-hydrogen) atoms. The molecule has 2 aliphatic carbocycles. The fraction of sp³-hybridized carbons (Fsp3) is 0.600. The summed E-state index contributed by atoms with van der Waals surface area (Å²) in [6, 6.07) is 5.06. The second-order valence-electron chi connectivity index (χ2n) is 8.90. The van der Waals surface area contributed by atoms with Crippen molar-refractivity contribution < 1.29 is 0 Å². The third kappa shape index (κ3) is 2.21. The Morgan fingerprint density at radius 3 is 2.00 bits per heavy atom. The Morgan fingerprint density at radius 2 is 1.50 bits per heavy atom. The molecule has 0 aromatic heterocycles. The zero-order valence-corrected chi connectivity index (χ0v) is 15.6. The molecule has 0 saturated heterocycles. The summed E-state index contributed by atoms with van der Waals surface area (Å²) in [5.41, 5.74) is 9.70. The number of rotatable bonds is 1. The van der Waals surface area contributed by atoms with Gasteiger partial charge in [-0.1, -0.05) is 0 Å². The predicted octanol–water partition coefficient (Wildman–Crippen LogP) is 4.55. The van der Waals surface area contributed by atoms with E-state index in [0.717, 1.165) is 0 Å². The summed E-state index contributed by atoms with van der Waals surface area (Å²) in [5.74, 6) is 0. The van der Waals surface area contributed by atoms with Gasteiger partial charge in [0.05, 0.1) is 0 Å². The van der Waals surface area contributed by atoms with Crippen molar-refractivity contribution in [2.75, 3.05) is 14.1 Å². The van der Waals surface area contributed by atoms with Gasteiger partial charge in [0.1, 0.15) is 0 Å². The van der Waals surface area contributed by atoms with Gasteiger partial charge >= 0.3 is 145 Å². The maximum absolute atomic E-state index is 2.54. The van der Waals surface area contributed by atoms with Crippen molar-refractivity contribution >= 4 is 23.4 Å². The van der Waals surface area contributed by atoms with Crippen molar-refractivity contribution in [1.29, 1.82) is 0 Å². The van der Waals surface area contributed by atoms with Gasteiger partial charge in [-0.05, 0) is 0 Å². The van der Waals surface area contributed by atoms with Crippen molar-refractivity contribution in [2.45, 2.75) is 62.9 Å². The van der Waals surface area contributed by atoms with E-state index in [1.807, 2.05) is 0 Å². The van der Waals surface area contributed by atoms with Crippen molar-refractivity contribution in [3.8, 4) is 0 Å². The Labute approximate surface area is 145 Å². The van der Waals surface area contributed by atoms with Crippen LogP contribution in [0.2, 0.25) is 0 Å². The molecule has 2 heteroatoms. The topological polar surface area (TPSA) is 3.24 Å². The van der Waals surface area contributed by atoms with E-state index in [-0.39, 0.29) is 5.41 Å². The number of benzene rings is 1. The van der Waals surface area contributed by atoms with E-state index in [4.69, 9.17) is 0 Å². The fourth-order valence-corrected chi connectivity index (χ4v) is 4.44. The molecule has 1 nitrogen and oxygen atoms in total. The Hall–Kier alpha value is -0.643. The molecule has 3 rings (SSSR count). The van der Waals surface area contributed by atoms with Crippen molar-refractivity contribution in [1.82, 2.24) is 4.90 Å². The van der Waals surface area contributed by atoms with Crippen LogP contribution in [0.4, 0.5) is 0 Å². The second-order valence-corrected chi connectivity index (χ2v) is 8.90. The van der Waals surface area contributed by atoms with Crippen LogP contribution in [0.25, 0.3) is 5.70 Å². The first-order valence-corrected chi connectivity index (χ1v) is 8.63. The quantitative estimate of drug-likeness (QED) is 0.685. The van der Waals surface area contributed by atoms with Crippen LogP contribution in [0.3, 0.4) is 0 Å². The summed E-state index contributed by atoms with van der Waals surface area (Å²) in [6.07, 6.45) is 2.56. The third-order valence-electron chi connectivity index (χ3n) is 6.21. The summed E-state index contributed by atoms with van der Waals surface area (Å²) in [4.78, 5) is 2.30. The first-order chi connectivity index (χ1) is 10.1. The minimum atomic E-state index is 0.289. The van der Waals surface area contributed by atoms with Crippen molar-refractivity contribution in [2.24, 2.45) is 0 Å². The zero-order chi connectivity index (χ0) is 16.4. The number of hydrogen-bond donors (Lipinski definition) is 0. The Morgan fingerprint density at radius 1 is 1.00 bits per heavy atom. The molecule has 1 atom stereocenters.